The fourth-order valence-corrected chi connectivity index (χ4v) is 3.75. The molecule has 5 nitrogen and oxygen atoms in total. The summed E-state index contributed by atoms with van der Waals surface area (Å²) in [6.45, 7) is 7.79. The van der Waals surface area contributed by atoms with E-state index >= 15 is 0 Å². The first-order valence-electron chi connectivity index (χ1n) is 9.83. The summed E-state index contributed by atoms with van der Waals surface area (Å²) in [4.78, 5) is 18.2. The van der Waals surface area contributed by atoms with Gasteiger partial charge in [-0.25, -0.2) is 4.98 Å². The Morgan fingerprint density at radius 1 is 1.38 bits per heavy atom. The molecule has 2 atom stereocenters. The van der Waals surface area contributed by atoms with Crippen molar-refractivity contribution in [1.29, 1.82) is 0 Å². The van der Waals surface area contributed by atoms with E-state index in [-0.39, 0.29) is 18.2 Å². The first-order valence-corrected chi connectivity index (χ1v) is 10.2. The van der Waals surface area contributed by atoms with E-state index in [1.54, 1.807) is 18.2 Å². The Morgan fingerprint density at radius 3 is 2.83 bits per heavy atom. The van der Waals surface area contributed by atoms with Gasteiger partial charge in [0.2, 0.25) is 0 Å². The number of hydrogen-bond acceptors (Lipinski definition) is 5. The molecule has 2 heterocycles. The fourth-order valence-electron chi connectivity index (χ4n) is 3.58. The predicted molar refractivity (Wildman–Crippen MR) is 121 cm³/mol. The highest BCUT2D eigenvalue weighted by Gasteiger charge is 2.42. The summed E-state index contributed by atoms with van der Waals surface area (Å²) >= 11 is 6.21. The maximum atomic E-state index is 13.7. The number of piperidine rings is 1. The molecule has 158 valence electrons. The molecule has 29 heavy (non-hydrogen) atoms. The molecule has 0 saturated carbocycles. The zero-order valence-corrected chi connectivity index (χ0v) is 18.7. The van der Waals surface area contributed by atoms with Crippen molar-refractivity contribution in [2.45, 2.75) is 39.2 Å². The maximum absolute atomic E-state index is 13.7. The second-order valence-corrected chi connectivity index (χ2v) is 7.96. The van der Waals surface area contributed by atoms with Crippen LogP contribution < -0.4 is 15.4 Å². The van der Waals surface area contributed by atoms with Gasteiger partial charge in [0.15, 0.2) is 5.78 Å². The molecule has 7 heteroatoms. The molecule has 1 aliphatic rings. The van der Waals surface area contributed by atoms with Crippen LogP contribution in [0.5, 0.6) is 5.75 Å². The topological polar surface area (TPSA) is 63.2 Å². The Balaban J connectivity index is 0.00000300. The lowest BCUT2D eigenvalue weighted by Crippen LogP contribution is -2.60. The van der Waals surface area contributed by atoms with Gasteiger partial charge < -0.3 is 15.4 Å². The van der Waals surface area contributed by atoms with E-state index < -0.39 is 5.54 Å². The van der Waals surface area contributed by atoms with Crippen molar-refractivity contribution < 1.29 is 9.53 Å². The quantitative estimate of drug-likeness (QED) is 0.601. The van der Waals surface area contributed by atoms with Crippen LogP contribution in [0.25, 0.3) is 0 Å². The minimum Gasteiger partial charge on any atom is -0.493 e. The summed E-state index contributed by atoms with van der Waals surface area (Å²) in [5.74, 6) is 1.88. The molecule has 2 aromatic rings. The lowest BCUT2D eigenvalue weighted by Gasteiger charge is -2.40. The SMILES string of the molecule is CCOc1ccc(Cl)cc1C(=O)[C@@]1(CNc2cccc(C)n2)CC[C@H](C)CN1.Cl. The van der Waals surface area contributed by atoms with E-state index in [1.165, 1.54) is 0 Å². The number of benzene rings is 1. The predicted octanol–water partition coefficient (Wildman–Crippen LogP) is 4.92. The van der Waals surface area contributed by atoms with Crippen LogP contribution in [0.4, 0.5) is 5.82 Å². The van der Waals surface area contributed by atoms with Gasteiger partial charge in [0.1, 0.15) is 11.6 Å². The zero-order chi connectivity index (χ0) is 20.1. The Morgan fingerprint density at radius 2 is 2.17 bits per heavy atom. The zero-order valence-electron chi connectivity index (χ0n) is 17.1. The van der Waals surface area contributed by atoms with E-state index in [4.69, 9.17) is 16.3 Å². The smallest absolute Gasteiger partial charge is 0.188 e. The van der Waals surface area contributed by atoms with Crippen LogP contribution in [-0.2, 0) is 0 Å². The third-order valence-corrected chi connectivity index (χ3v) is 5.47. The summed E-state index contributed by atoms with van der Waals surface area (Å²) in [6.07, 6.45) is 1.72. The highest BCUT2D eigenvalue weighted by Crippen LogP contribution is 2.32. The molecule has 0 bridgehead atoms. The lowest BCUT2D eigenvalue weighted by molar-refractivity contribution is 0.0802. The van der Waals surface area contributed by atoms with E-state index in [2.05, 4.69) is 22.5 Å². The monoisotopic (exact) mass is 437 g/mol. The standard InChI is InChI=1S/C22H28ClN3O2.ClH/c1-4-28-19-9-8-17(23)12-18(19)21(27)22(11-10-15(2)13-25-22)14-24-20-7-5-6-16(3)26-20;/h5-9,12,15,25H,4,10-11,13-14H2,1-3H3,(H,24,26);1H/t15-,22-;/m0./s1. The number of carbonyl (C=O) groups is 1. The highest BCUT2D eigenvalue weighted by atomic mass is 35.5. The fraction of sp³-hybridized carbons (Fsp3) is 0.455. The molecular weight excluding hydrogens is 409 g/mol. The molecule has 0 unspecified atom stereocenters. The van der Waals surface area contributed by atoms with Gasteiger partial charge in [0.05, 0.1) is 17.7 Å². The summed E-state index contributed by atoms with van der Waals surface area (Å²) in [5.41, 5.74) is 0.730. The largest absolute Gasteiger partial charge is 0.493 e. The number of hydrogen-bond donors (Lipinski definition) is 2. The van der Waals surface area contributed by atoms with Crippen molar-refractivity contribution in [2.75, 3.05) is 25.0 Å². The van der Waals surface area contributed by atoms with Gasteiger partial charge in [-0.05, 0) is 69.5 Å². The number of ketones is 1. The maximum Gasteiger partial charge on any atom is 0.188 e. The molecular formula is C22H29Cl2N3O2. The number of aryl methyl sites for hydroxylation is 1. The third-order valence-electron chi connectivity index (χ3n) is 5.23. The number of nitrogens with zero attached hydrogens (tertiary/aromatic N) is 1. The van der Waals surface area contributed by atoms with Gasteiger partial charge in [0.25, 0.3) is 0 Å². The van der Waals surface area contributed by atoms with E-state index in [0.29, 0.717) is 35.4 Å². The first-order chi connectivity index (χ1) is 13.4. The summed E-state index contributed by atoms with van der Waals surface area (Å²) in [5, 5.41) is 7.40. The van der Waals surface area contributed by atoms with Crippen molar-refractivity contribution in [2.24, 2.45) is 5.92 Å². The second kappa shape index (κ2) is 10.3. The molecule has 1 saturated heterocycles. The average molecular weight is 438 g/mol. The molecule has 1 aliphatic heterocycles. The van der Waals surface area contributed by atoms with Crippen molar-refractivity contribution in [3.05, 3.63) is 52.7 Å². The van der Waals surface area contributed by atoms with Crippen molar-refractivity contribution in [3.63, 3.8) is 0 Å². The number of anilines is 1. The Kier molecular flexibility index (Phi) is 8.32. The number of halogens is 2. The minimum absolute atomic E-state index is 0. The molecule has 2 N–H and O–H groups in total. The molecule has 1 aromatic carbocycles. The van der Waals surface area contributed by atoms with Crippen LogP contribution in [0.3, 0.4) is 0 Å². The third kappa shape index (κ3) is 5.62. The highest BCUT2D eigenvalue weighted by molar-refractivity contribution is 6.31. The van der Waals surface area contributed by atoms with Gasteiger partial charge in [-0.1, -0.05) is 24.6 Å². The second-order valence-electron chi connectivity index (χ2n) is 7.53. The van der Waals surface area contributed by atoms with Crippen LogP contribution in [0.1, 0.15) is 42.7 Å². The number of carbonyl (C=O) groups excluding carboxylic acids is 1. The molecule has 0 aliphatic carbocycles. The number of pyridine rings is 1. The number of nitrogens with one attached hydrogen (secondary N) is 2. The Bertz CT molecular complexity index is 837. The van der Waals surface area contributed by atoms with Gasteiger partial charge in [0, 0.05) is 17.3 Å². The van der Waals surface area contributed by atoms with Crippen molar-refractivity contribution in [1.82, 2.24) is 10.3 Å². The summed E-state index contributed by atoms with van der Waals surface area (Å²) < 4.78 is 5.71. The molecule has 1 aromatic heterocycles. The van der Waals surface area contributed by atoms with Crippen LogP contribution >= 0.6 is 24.0 Å². The minimum atomic E-state index is -0.728. The van der Waals surface area contributed by atoms with Crippen molar-refractivity contribution in [3.8, 4) is 5.75 Å². The van der Waals surface area contributed by atoms with Gasteiger partial charge in [-0.3, -0.25) is 4.79 Å². The number of aromatic nitrogens is 1. The van der Waals surface area contributed by atoms with Crippen molar-refractivity contribution >= 4 is 35.6 Å². The number of rotatable bonds is 7. The Labute approximate surface area is 184 Å². The van der Waals surface area contributed by atoms with E-state index in [9.17, 15) is 4.79 Å². The van der Waals surface area contributed by atoms with Gasteiger partial charge in [-0.2, -0.15) is 0 Å². The van der Waals surface area contributed by atoms with Gasteiger partial charge in [-0.15, -0.1) is 12.4 Å². The summed E-state index contributed by atoms with van der Waals surface area (Å²) in [6, 6.07) is 11.1. The normalized spacial score (nSPS) is 21.2. The van der Waals surface area contributed by atoms with Crippen LogP contribution in [0.2, 0.25) is 5.02 Å². The lowest BCUT2D eigenvalue weighted by atomic mass is 9.79. The average Bonchev–Trinajstić information content (AvgIpc) is 2.69. The molecule has 0 radical (unpaired) electrons. The van der Waals surface area contributed by atoms with E-state index in [1.807, 2.05) is 32.0 Å². The molecule has 0 spiro atoms. The summed E-state index contributed by atoms with van der Waals surface area (Å²) in [7, 11) is 0. The number of Topliss-reactive ketones (excluding diaryl/α,β-unsaturated/α-hetero) is 1. The van der Waals surface area contributed by atoms with Crippen LogP contribution in [0, 0.1) is 12.8 Å². The molecule has 0 amide bonds. The first kappa shape index (κ1) is 23.5. The number of ether oxygens (including phenoxy) is 1. The molecule has 3 rings (SSSR count). The molecule has 1 fully saturated rings. The Hall–Kier alpha value is -1.82. The van der Waals surface area contributed by atoms with Crippen LogP contribution in [-0.4, -0.2) is 36.0 Å². The van der Waals surface area contributed by atoms with Crippen LogP contribution in [0.15, 0.2) is 36.4 Å². The van der Waals surface area contributed by atoms with E-state index in [0.717, 1.165) is 30.9 Å². The van der Waals surface area contributed by atoms with Gasteiger partial charge >= 0.3 is 0 Å².